The second-order valence-corrected chi connectivity index (χ2v) is 6.67. The number of thiazole rings is 1. The predicted molar refractivity (Wildman–Crippen MR) is 94.4 cm³/mol. The number of methoxy groups -OCH3 is 1. The van der Waals surface area contributed by atoms with Crippen molar-refractivity contribution < 1.29 is 14.3 Å². The number of carbonyl (C=O) groups excluding carboxylic acids is 1. The summed E-state index contributed by atoms with van der Waals surface area (Å²) in [6, 6.07) is 7.84. The molecule has 24 heavy (non-hydrogen) atoms. The Balaban J connectivity index is 1.47. The summed E-state index contributed by atoms with van der Waals surface area (Å²) in [5.74, 6) is 0.892. The van der Waals surface area contributed by atoms with Crippen molar-refractivity contribution in [2.45, 2.75) is 31.8 Å². The summed E-state index contributed by atoms with van der Waals surface area (Å²) >= 11 is 1.60. The molecule has 1 N–H and O–H groups in total. The van der Waals surface area contributed by atoms with Crippen LogP contribution in [0.25, 0.3) is 10.6 Å². The zero-order valence-corrected chi connectivity index (χ0v) is 14.6. The highest BCUT2D eigenvalue weighted by Gasteiger charge is 2.16. The van der Waals surface area contributed by atoms with Crippen molar-refractivity contribution in [1.29, 1.82) is 0 Å². The Hall–Kier alpha value is -1.92. The SMILES string of the molecule is COc1ccc(-c2nc(CCC(=O)NCC3CCCO3)cs2)cc1. The monoisotopic (exact) mass is 346 g/mol. The molecule has 128 valence electrons. The van der Waals surface area contributed by atoms with Gasteiger partial charge in [0.1, 0.15) is 10.8 Å². The fourth-order valence-corrected chi connectivity index (χ4v) is 3.51. The van der Waals surface area contributed by atoms with Crippen molar-refractivity contribution >= 4 is 17.2 Å². The van der Waals surface area contributed by atoms with Crippen molar-refractivity contribution in [1.82, 2.24) is 10.3 Å². The van der Waals surface area contributed by atoms with Crippen LogP contribution in [0.2, 0.25) is 0 Å². The largest absolute Gasteiger partial charge is 0.497 e. The number of aryl methyl sites for hydroxylation is 1. The van der Waals surface area contributed by atoms with Crippen LogP contribution in [-0.4, -0.2) is 37.3 Å². The lowest BCUT2D eigenvalue weighted by Crippen LogP contribution is -2.31. The van der Waals surface area contributed by atoms with E-state index in [0.717, 1.165) is 41.5 Å². The van der Waals surface area contributed by atoms with Crippen molar-refractivity contribution in [3.05, 3.63) is 35.3 Å². The molecule has 1 fully saturated rings. The molecule has 0 spiro atoms. The molecule has 1 atom stereocenters. The Labute approximate surface area is 146 Å². The van der Waals surface area contributed by atoms with Gasteiger partial charge >= 0.3 is 0 Å². The van der Waals surface area contributed by atoms with Gasteiger partial charge in [0.25, 0.3) is 0 Å². The topological polar surface area (TPSA) is 60.5 Å². The summed E-state index contributed by atoms with van der Waals surface area (Å²) in [6.45, 7) is 1.43. The highest BCUT2D eigenvalue weighted by Crippen LogP contribution is 2.26. The highest BCUT2D eigenvalue weighted by atomic mass is 32.1. The third kappa shape index (κ3) is 4.55. The van der Waals surface area contributed by atoms with E-state index in [9.17, 15) is 4.79 Å². The number of amides is 1. The first-order valence-electron chi connectivity index (χ1n) is 8.22. The number of nitrogens with zero attached hydrogens (tertiary/aromatic N) is 1. The molecule has 1 saturated heterocycles. The lowest BCUT2D eigenvalue weighted by Gasteiger charge is -2.10. The minimum absolute atomic E-state index is 0.0597. The van der Waals surface area contributed by atoms with Crippen LogP contribution in [0.4, 0.5) is 0 Å². The molecule has 6 heteroatoms. The molecule has 0 aliphatic carbocycles. The molecule has 1 unspecified atom stereocenters. The summed E-state index contributed by atoms with van der Waals surface area (Å²) in [5, 5.41) is 5.93. The fourth-order valence-electron chi connectivity index (χ4n) is 2.65. The summed E-state index contributed by atoms with van der Waals surface area (Å²) in [7, 11) is 1.65. The normalized spacial score (nSPS) is 17.0. The highest BCUT2D eigenvalue weighted by molar-refractivity contribution is 7.13. The quantitative estimate of drug-likeness (QED) is 0.837. The zero-order valence-electron chi connectivity index (χ0n) is 13.8. The number of ether oxygens (including phenoxy) is 2. The van der Waals surface area contributed by atoms with E-state index in [2.05, 4.69) is 10.3 Å². The molecule has 0 bridgehead atoms. The van der Waals surface area contributed by atoms with E-state index in [0.29, 0.717) is 19.4 Å². The van der Waals surface area contributed by atoms with Crippen molar-refractivity contribution in [3.63, 3.8) is 0 Å². The van der Waals surface area contributed by atoms with Crippen molar-refractivity contribution in [2.24, 2.45) is 0 Å². The average molecular weight is 346 g/mol. The van der Waals surface area contributed by atoms with Gasteiger partial charge < -0.3 is 14.8 Å². The van der Waals surface area contributed by atoms with E-state index in [1.54, 1.807) is 18.4 Å². The molecule has 0 saturated carbocycles. The van der Waals surface area contributed by atoms with Gasteiger partial charge in [-0.2, -0.15) is 0 Å². The maximum Gasteiger partial charge on any atom is 0.220 e. The number of aromatic nitrogens is 1. The first-order chi connectivity index (χ1) is 11.7. The van der Waals surface area contributed by atoms with Gasteiger partial charge in [0.05, 0.1) is 18.9 Å². The minimum atomic E-state index is 0.0597. The number of nitrogens with one attached hydrogen (secondary N) is 1. The molecule has 0 radical (unpaired) electrons. The molecule has 1 aromatic carbocycles. The van der Waals surface area contributed by atoms with Gasteiger partial charge in [-0.3, -0.25) is 4.79 Å². The molecular weight excluding hydrogens is 324 g/mol. The molecule has 2 heterocycles. The molecule has 1 aliphatic heterocycles. The zero-order chi connectivity index (χ0) is 16.8. The maximum atomic E-state index is 11.9. The van der Waals surface area contributed by atoms with Crippen LogP contribution in [0, 0.1) is 0 Å². The van der Waals surface area contributed by atoms with Gasteiger partial charge in [-0.15, -0.1) is 11.3 Å². The predicted octanol–water partition coefficient (Wildman–Crippen LogP) is 3.05. The summed E-state index contributed by atoms with van der Waals surface area (Å²) in [4.78, 5) is 16.5. The molecule has 1 aromatic heterocycles. The van der Waals surface area contributed by atoms with E-state index in [1.807, 2.05) is 29.6 Å². The number of rotatable bonds is 7. The van der Waals surface area contributed by atoms with Crippen LogP contribution in [0.1, 0.15) is 25.0 Å². The lowest BCUT2D eigenvalue weighted by molar-refractivity contribution is -0.121. The van der Waals surface area contributed by atoms with E-state index >= 15 is 0 Å². The third-order valence-corrected chi connectivity index (χ3v) is 4.99. The molecule has 5 nitrogen and oxygen atoms in total. The minimum Gasteiger partial charge on any atom is -0.497 e. The van der Waals surface area contributed by atoms with Gasteiger partial charge in [-0.1, -0.05) is 0 Å². The van der Waals surface area contributed by atoms with Crippen LogP contribution >= 0.6 is 11.3 Å². The van der Waals surface area contributed by atoms with Crippen LogP contribution in [0.15, 0.2) is 29.6 Å². The first kappa shape index (κ1) is 16.9. The van der Waals surface area contributed by atoms with Crippen molar-refractivity contribution in [3.8, 4) is 16.3 Å². The van der Waals surface area contributed by atoms with Crippen LogP contribution in [0.3, 0.4) is 0 Å². The maximum absolute atomic E-state index is 11.9. The first-order valence-corrected chi connectivity index (χ1v) is 9.09. The van der Waals surface area contributed by atoms with Gasteiger partial charge in [0.2, 0.25) is 5.91 Å². The molecule has 3 rings (SSSR count). The Morgan fingerprint density at radius 1 is 1.42 bits per heavy atom. The number of benzene rings is 1. The molecular formula is C18H22N2O3S. The standard InChI is InChI=1S/C18H22N2O3S/c1-22-15-7-4-13(5-8-15)18-20-14(12-24-18)6-9-17(21)19-11-16-3-2-10-23-16/h4-5,7-8,12,16H,2-3,6,9-11H2,1H3,(H,19,21). The van der Waals surface area contributed by atoms with Crippen LogP contribution in [-0.2, 0) is 16.0 Å². The summed E-state index contributed by atoms with van der Waals surface area (Å²) in [6.07, 6.45) is 3.43. The van der Waals surface area contributed by atoms with E-state index in [4.69, 9.17) is 9.47 Å². The van der Waals surface area contributed by atoms with Crippen LogP contribution in [0.5, 0.6) is 5.75 Å². The molecule has 2 aromatic rings. The second-order valence-electron chi connectivity index (χ2n) is 5.81. The van der Waals surface area contributed by atoms with Gasteiger partial charge in [-0.05, 0) is 43.5 Å². The van der Waals surface area contributed by atoms with E-state index < -0.39 is 0 Å². The van der Waals surface area contributed by atoms with Gasteiger partial charge in [0.15, 0.2) is 0 Å². The number of carbonyl (C=O) groups is 1. The van der Waals surface area contributed by atoms with Crippen LogP contribution < -0.4 is 10.1 Å². The second kappa shape index (κ2) is 8.26. The Morgan fingerprint density at radius 2 is 2.25 bits per heavy atom. The average Bonchev–Trinajstić information content (AvgIpc) is 3.30. The third-order valence-electron chi connectivity index (χ3n) is 4.05. The van der Waals surface area contributed by atoms with E-state index in [1.165, 1.54) is 0 Å². The lowest BCUT2D eigenvalue weighted by atomic mass is 10.2. The van der Waals surface area contributed by atoms with E-state index in [-0.39, 0.29) is 12.0 Å². The van der Waals surface area contributed by atoms with Gasteiger partial charge in [0, 0.05) is 30.5 Å². The van der Waals surface area contributed by atoms with Crippen molar-refractivity contribution in [2.75, 3.05) is 20.3 Å². The number of hydrogen-bond donors (Lipinski definition) is 1. The van der Waals surface area contributed by atoms with Gasteiger partial charge in [-0.25, -0.2) is 4.98 Å². The summed E-state index contributed by atoms with van der Waals surface area (Å²) < 4.78 is 10.7. The molecule has 1 amide bonds. The Bertz CT molecular complexity index is 663. The Kier molecular flexibility index (Phi) is 5.82. The molecule has 1 aliphatic rings. The fraction of sp³-hybridized carbons (Fsp3) is 0.444. The Morgan fingerprint density at radius 3 is 2.96 bits per heavy atom. The number of hydrogen-bond acceptors (Lipinski definition) is 5. The summed E-state index contributed by atoms with van der Waals surface area (Å²) in [5.41, 5.74) is 2.02. The smallest absolute Gasteiger partial charge is 0.220 e.